The van der Waals surface area contributed by atoms with Crippen molar-refractivity contribution in [2.45, 2.75) is 38.1 Å². The van der Waals surface area contributed by atoms with Gasteiger partial charge >= 0.3 is 0 Å². The number of aliphatic hydroxyl groups is 1. The number of halogens is 5. The third-order valence-corrected chi connectivity index (χ3v) is 7.28. The van der Waals surface area contributed by atoms with E-state index in [-0.39, 0.29) is 18.4 Å². The lowest BCUT2D eigenvalue weighted by Gasteiger charge is -2.38. The van der Waals surface area contributed by atoms with Gasteiger partial charge in [-0.15, -0.1) is 0 Å². The number of hydrogen-bond acceptors (Lipinski definition) is 5. The molecule has 5 rings (SSSR count). The van der Waals surface area contributed by atoms with Crippen LogP contribution < -0.4 is 5.32 Å². The maximum absolute atomic E-state index is 14.2. The summed E-state index contributed by atoms with van der Waals surface area (Å²) in [4.78, 5) is 14.8. The molecule has 1 saturated heterocycles. The molecule has 0 spiro atoms. The zero-order chi connectivity index (χ0) is 31.4. The van der Waals surface area contributed by atoms with Gasteiger partial charge in [0.25, 0.3) is 5.91 Å². The fraction of sp³-hybridized carbons (Fsp3) is 0.242. The van der Waals surface area contributed by atoms with E-state index in [1.54, 1.807) is 18.2 Å². The van der Waals surface area contributed by atoms with Crippen molar-refractivity contribution in [3.05, 3.63) is 136 Å². The SMILES string of the molecule is CN(Cc1ccccc1)CC1CC(c2ccc(CO)cc2)OC(c2cccc(NC(=O)c3c(F)c(F)c(F)c(F)c3F)c2)O1. The molecule has 6 nitrogen and oxygen atoms in total. The van der Waals surface area contributed by atoms with Crippen LogP contribution in [0.4, 0.5) is 27.6 Å². The van der Waals surface area contributed by atoms with Gasteiger partial charge in [0.1, 0.15) is 5.56 Å². The Morgan fingerprint density at radius 2 is 1.48 bits per heavy atom. The van der Waals surface area contributed by atoms with E-state index in [4.69, 9.17) is 9.47 Å². The summed E-state index contributed by atoms with van der Waals surface area (Å²) in [5.41, 5.74) is 1.62. The lowest BCUT2D eigenvalue weighted by molar-refractivity contribution is -0.252. The van der Waals surface area contributed by atoms with Crippen LogP contribution in [0.2, 0.25) is 0 Å². The number of benzene rings is 4. The number of amides is 1. The normalized spacial score (nSPS) is 18.4. The van der Waals surface area contributed by atoms with Crippen molar-refractivity contribution >= 4 is 11.6 Å². The quantitative estimate of drug-likeness (QED) is 0.124. The lowest BCUT2D eigenvalue weighted by atomic mass is 9.99. The van der Waals surface area contributed by atoms with Gasteiger partial charge in [0.15, 0.2) is 29.6 Å². The number of nitrogens with zero attached hydrogens (tertiary/aromatic N) is 1. The predicted molar refractivity (Wildman–Crippen MR) is 152 cm³/mol. The van der Waals surface area contributed by atoms with Crippen LogP contribution in [0, 0.1) is 29.1 Å². The molecule has 1 aliphatic rings. The molecule has 0 aromatic heterocycles. The number of carbonyl (C=O) groups excluding carboxylic acids is 1. The van der Waals surface area contributed by atoms with Crippen LogP contribution in [-0.2, 0) is 22.6 Å². The minimum Gasteiger partial charge on any atom is -0.392 e. The molecule has 0 bridgehead atoms. The topological polar surface area (TPSA) is 71.0 Å². The van der Waals surface area contributed by atoms with Crippen LogP contribution in [-0.4, -0.2) is 35.6 Å². The first-order valence-corrected chi connectivity index (χ1v) is 13.8. The highest BCUT2D eigenvalue weighted by molar-refractivity contribution is 6.04. The highest BCUT2D eigenvalue weighted by atomic mass is 19.2. The molecule has 3 atom stereocenters. The molecule has 2 N–H and O–H groups in total. The highest BCUT2D eigenvalue weighted by Gasteiger charge is 2.33. The van der Waals surface area contributed by atoms with Crippen LogP contribution >= 0.6 is 0 Å². The molecule has 1 amide bonds. The average Bonchev–Trinajstić information content (AvgIpc) is 3.03. The second-order valence-electron chi connectivity index (χ2n) is 10.6. The maximum atomic E-state index is 14.2. The zero-order valence-electron chi connectivity index (χ0n) is 23.6. The predicted octanol–water partition coefficient (Wildman–Crippen LogP) is 6.80. The molecule has 230 valence electrons. The molecule has 11 heteroatoms. The second-order valence-corrected chi connectivity index (χ2v) is 10.6. The lowest BCUT2D eigenvalue weighted by Crippen LogP contribution is -2.37. The van der Waals surface area contributed by atoms with Gasteiger partial charge in [-0.3, -0.25) is 9.69 Å². The second kappa shape index (κ2) is 13.6. The van der Waals surface area contributed by atoms with Crippen LogP contribution in [0.25, 0.3) is 0 Å². The van der Waals surface area contributed by atoms with Crippen molar-refractivity contribution in [3.63, 3.8) is 0 Å². The fourth-order valence-electron chi connectivity index (χ4n) is 5.10. The van der Waals surface area contributed by atoms with Crippen molar-refractivity contribution in [1.29, 1.82) is 0 Å². The summed E-state index contributed by atoms with van der Waals surface area (Å²) < 4.78 is 81.9. The smallest absolute Gasteiger partial charge is 0.261 e. The van der Waals surface area contributed by atoms with Gasteiger partial charge < -0.3 is 19.9 Å². The molecule has 3 unspecified atom stereocenters. The number of carbonyl (C=O) groups is 1. The summed E-state index contributed by atoms with van der Waals surface area (Å²) in [6.07, 6.45) is -1.10. The Hall–Kier alpha value is -4.16. The molecule has 0 radical (unpaired) electrons. The molecule has 1 fully saturated rings. The van der Waals surface area contributed by atoms with Crippen molar-refractivity contribution < 1.29 is 41.3 Å². The van der Waals surface area contributed by atoms with Crippen molar-refractivity contribution in [2.75, 3.05) is 18.9 Å². The van der Waals surface area contributed by atoms with Crippen LogP contribution in [0.3, 0.4) is 0 Å². The standard InChI is InChI=1S/C33H29F5N2O4/c1-40(16-19-6-3-2-4-7-19)17-24-15-25(21-12-10-20(18-41)11-13-21)44-33(43-24)22-8-5-9-23(14-22)39-32(42)26-27(34)29(36)31(38)30(37)28(26)35/h2-14,24-25,33,41H,15-18H2,1H3,(H,39,42). The number of hydrogen-bond donors (Lipinski definition) is 2. The molecular weight excluding hydrogens is 583 g/mol. The maximum Gasteiger partial charge on any atom is 0.261 e. The average molecular weight is 613 g/mol. The number of ether oxygens (including phenoxy) is 2. The Balaban J connectivity index is 1.38. The largest absolute Gasteiger partial charge is 0.392 e. The monoisotopic (exact) mass is 612 g/mol. The van der Waals surface area contributed by atoms with E-state index in [1.807, 2.05) is 49.5 Å². The van der Waals surface area contributed by atoms with Crippen molar-refractivity contribution in [1.82, 2.24) is 4.90 Å². The van der Waals surface area contributed by atoms with Gasteiger partial charge in [0, 0.05) is 30.8 Å². The summed E-state index contributed by atoms with van der Waals surface area (Å²) in [5, 5.41) is 11.6. The van der Waals surface area contributed by atoms with Crippen LogP contribution in [0.5, 0.6) is 0 Å². The molecule has 1 aliphatic heterocycles. The number of rotatable bonds is 9. The molecule has 0 saturated carbocycles. The number of nitrogens with one attached hydrogen (secondary N) is 1. The highest BCUT2D eigenvalue weighted by Crippen LogP contribution is 2.39. The van der Waals surface area contributed by atoms with Gasteiger partial charge in [-0.05, 0) is 35.9 Å². The van der Waals surface area contributed by atoms with Crippen molar-refractivity contribution in [2.24, 2.45) is 0 Å². The Morgan fingerprint density at radius 1 is 0.818 bits per heavy atom. The molecule has 4 aromatic rings. The van der Waals surface area contributed by atoms with Crippen LogP contribution in [0.15, 0.2) is 78.9 Å². The Kier molecular flexibility index (Phi) is 9.70. The molecule has 4 aromatic carbocycles. The van der Waals surface area contributed by atoms with Gasteiger partial charge in [-0.2, -0.15) is 0 Å². The van der Waals surface area contributed by atoms with E-state index in [9.17, 15) is 31.9 Å². The first-order valence-electron chi connectivity index (χ1n) is 13.8. The van der Waals surface area contributed by atoms with E-state index in [2.05, 4.69) is 10.2 Å². The summed E-state index contributed by atoms with van der Waals surface area (Å²) in [7, 11) is 1.97. The van der Waals surface area contributed by atoms with E-state index in [0.717, 1.165) is 16.7 Å². The Morgan fingerprint density at radius 3 is 2.14 bits per heavy atom. The van der Waals surface area contributed by atoms with Gasteiger partial charge in [0.05, 0.1) is 18.8 Å². The zero-order valence-corrected chi connectivity index (χ0v) is 23.6. The summed E-state index contributed by atoms with van der Waals surface area (Å²) in [6, 6.07) is 23.3. The van der Waals surface area contributed by atoms with E-state index in [0.29, 0.717) is 25.1 Å². The fourth-order valence-corrected chi connectivity index (χ4v) is 5.10. The summed E-state index contributed by atoms with van der Waals surface area (Å²) in [6.45, 7) is 1.13. The number of likely N-dealkylation sites (N-methyl/N-ethyl adjacent to an activating group) is 1. The van der Waals surface area contributed by atoms with E-state index < -0.39 is 53.0 Å². The molecule has 44 heavy (non-hydrogen) atoms. The third kappa shape index (κ3) is 6.97. The van der Waals surface area contributed by atoms with E-state index >= 15 is 0 Å². The van der Waals surface area contributed by atoms with Gasteiger partial charge in [-0.1, -0.05) is 66.7 Å². The molecular formula is C33H29F5N2O4. The Labute approximate surface area is 250 Å². The molecule has 1 heterocycles. The molecule has 0 aliphatic carbocycles. The third-order valence-electron chi connectivity index (χ3n) is 7.28. The first kappa shape index (κ1) is 31.3. The number of anilines is 1. The van der Waals surface area contributed by atoms with Gasteiger partial charge in [-0.25, -0.2) is 22.0 Å². The number of aliphatic hydroxyl groups excluding tert-OH is 1. The van der Waals surface area contributed by atoms with Gasteiger partial charge in [0.2, 0.25) is 5.82 Å². The summed E-state index contributed by atoms with van der Waals surface area (Å²) in [5.74, 6) is -12.8. The minimum absolute atomic E-state index is 0.0239. The van der Waals surface area contributed by atoms with Crippen molar-refractivity contribution in [3.8, 4) is 0 Å². The Bertz CT molecular complexity index is 1590. The van der Waals surface area contributed by atoms with E-state index in [1.165, 1.54) is 18.2 Å². The first-order chi connectivity index (χ1) is 21.1. The van der Waals surface area contributed by atoms with Crippen LogP contribution in [0.1, 0.15) is 51.4 Å². The summed E-state index contributed by atoms with van der Waals surface area (Å²) >= 11 is 0. The minimum atomic E-state index is -2.35.